The highest BCUT2D eigenvalue weighted by Gasteiger charge is 2.16. The van der Waals surface area contributed by atoms with Crippen molar-refractivity contribution < 1.29 is 4.79 Å². The van der Waals surface area contributed by atoms with E-state index in [2.05, 4.69) is 39.3 Å². The number of anilines is 1. The minimum atomic E-state index is 0.0183. The first kappa shape index (κ1) is 17.6. The second-order valence-electron chi connectivity index (χ2n) is 5.80. The summed E-state index contributed by atoms with van der Waals surface area (Å²) >= 11 is 3.16. The first-order valence-electron chi connectivity index (χ1n) is 8.57. The van der Waals surface area contributed by atoms with Crippen LogP contribution in [-0.2, 0) is 0 Å². The predicted octanol–water partition coefficient (Wildman–Crippen LogP) is 1.84. The average molecular weight is 368 g/mol. The van der Waals surface area contributed by atoms with Gasteiger partial charge in [0.1, 0.15) is 4.83 Å². The molecule has 1 aliphatic heterocycles. The molecule has 0 aromatic carbocycles. The average Bonchev–Trinajstić information content (AvgIpc) is 3.16. The van der Waals surface area contributed by atoms with Crippen LogP contribution in [0.15, 0.2) is 6.07 Å². The molecule has 2 N–H and O–H groups in total. The second kappa shape index (κ2) is 8.24. The Kier molecular flexibility index (Phi) is 6.04. The van der Waals surface area contributed by atoms with Crippen LogP contribution in [-0.4, -0.2) is 68.1 Å². The number of carbonyl (C=O) groups is 1. The number of thiazole rings is 1. The normalized spacial score (nSPS) is 15.8. The van der Waals surface area contributed by atoms with Gasteiger partial charge in [-0.1, -0.05) is 11.3 Å². The van der Waals surface area contributed by atoms with Crippen LogP contribution in [0.3, 0.4) is 0 Å². The maximum absolute atomic E-state index is 12.3. The zero-order valence-corrected chi connectivity index (χ0v) is 15.9. The number of amides is 1. The van der Waals surface area contributed by atoms with Crippen molar-refractivity contribution in [3.63, 3.8) is 0 Å². The number of hydrogen-bond donors (Lipinski definition) is 2. The monoisotopic (exact) mass is 367 g/mol. The number of fused-ring (bicyclic) bond motifs is 1. The number of nitrogens with one attached hydrogen (secondary N) is 2. The highest BCUT2D eigenvalue weighted by Crippen LogP contribution is 2.34. The van der Waals surface area contributed by atoms with Crippen LogP contribution in [0.4, 0.5) is 5.13 Å². The van der Waals surface area contributed by atoms with E-state index in [9.17, 15) is 4.79 Å². The number of nitrogens with zero attached hydrogens (tertiary/aromatic N) is 3. The summed E-state index contributed by atoms with van der Waals surface area (Å²) < 4.78 is 1.11. The van der Waals surface area contributed by atoms with Crippen molar-refractivity contribution in [2.45, 2.75) is 13.8 Å². The zero-order valence-electron chi connectivity index (χ0n) is 14.3. The summed E-state index contributed by atoms with van der Waals surface area (Å²) in [6, 6.07) is 1.98. The lowest BCUT2D eigenvalue weighted by atomic mass is 10.3. The molecule has 24 heavy (non-hydrogen) atoms. The van der Waals surface area contributed by atoms with Gasteiger partial charge in [0.15, 0.2) is 5.13 Å². The fraction of sp³-hybridized carbons (Fsp3) is 0.625. The summed E-state index contributed by atoms with van der Waals surface area (Å²) in [5, 5.41) is 7.42. The number of piperazine rings is 1. The van der Waals surface area contributed by atoms with Crippen molar-refractivity contribution in [3.05, 3.63) is 10.9 Å². The van der Waals surface area contributed by atoms with Crippen LogP contribution < -0.4 is 15.5 Å². The largest absolute Gasteiger partial charge is 0.350 e. The van der Waals surface area contributed by atoms with Crippen LogP contribution in [0.1, 0.15) is 23.5 Å². The molecule has 0 radical (unpaired) electrons. The van der Waals surface area contributed by atoms with Gasteiger partial charge in [-0.15, -0.1) is 11.3 Å². The van der Waals surface area contributed by atoms with E-state index in [0.717, 1.165) is 65.4 Å². The summed E-state index contributed by atoms with van der Waals surface area (Å²) in [5.41, 5.74) is 0. The van der Waals surface area contributed by atoms with Gasteiger partial charge in [-0.3, -0.25) is 9.69 Å². The SMILES string of the molecule is CCN(CC)c1nc2sc(C(=O)NCCN3CCNCC3)cc2s1. The predicted molar refractivity (Wildman–Crippen MR) is 103 cm³/mol. The van der Waals surface area contributed by atoms with Crippen molar-refractivity contribution in [2.24, 2.45) is 0 Å². The van der Waals surface area contributed by atoms with Gasteiger partial charge in [-0.2, -0.15) is 0 Å². The van der Waals surface area contributed by atoms with E-state index in [0.29, 0.717) is 6.54 Å². The Hall–Kier alpha value is -1.22. The highest BCUT2D eigenvalue weighted by molar-refractivity contribution is 7.29. The summed E-state index contributed by atoms with van der Waals surface area (Å²) in [5.74, 6) is 0.0183. The topological polar surface area (TPSA) is 60.5 Å². The van der Waals surface area contributed by atoms with Crippen LogP contribution in [0.2, 0.25) is 0 Å². The molecule has 8 heteroatoms. The molecule has 0 spiro atoms. The molecule has 3 heterocycles. The van der Waals surface area contributed by atoms with Gasteiger partial charge in [0.25, 0.3) is 5.91 Å². The summed E-state index contributed by atoms with van der Waals surface area (Å²) in [6.45, 7) is 12.0. The Morgan fingerprint density at radius 3 is 2.75 bits per heavy atom. The molecule has 0 atom stereocenters. The molecule has 0 bridgehead atoms. The number of thiophene rings is 1. The zero-order chi connectivity index (χ0) is 16.9. The van der Waals surface area contributed by atoms with Crippen molar-refractivity contribution in [1.29, 1.82) is 0 Å². The fourth-order valence-corrected chi connectivity index (χ4v) is 5.07. The smallest absolute Gasteiger partial charge is 0.261 e. The molecular weight excluding hydrogens is 342 g/mol. The van der Waals surface area contributed by atoms with E-state index in [1.807, 2.05) is 6.07 Å². The fourth-order valence-electron chi connectivity index (χ4n) is 2.81. The molecule has 3 rings (SSSR count). The first-order chi connectivity index (χ1) is 11.7. The third-order valence-corrected chi connectivity index (χ3v) is 6.48. The van der Waals surface area contributed by atoms with Crippen LogP contribution in [0, 0.1) is 0 Å². The summed E-state index contributed by atoms with van der Waals surface area (Å²) in [6.07, 6.45) is 0. The van der Waals surface area contributed by atoms with Gasteiger partial charge >= 0.3 is 0 Å². The van der Waals surface area contributed by atoms with Gasteiger partial charge in [-0.25, -0.2) is 4.98 Å². The Balaban J connectivity index is 1.55. The van der Waals surface area contributed by atoms with Gasteiger partial charge in [-0.05, 0) is 19.9 Å². The molecule has 1 fully saturated rings. The van der Waals surface area contributed by atoms with E-state index >= 15 is 0 Å². The van der Waals surface area contributed by atoms with Crippen molar-refractivity contribution in [1.82, 2.24) is 20.5 Å². The van der Waals surface area contributed by atoms with Crippen LogP contribution >= 0.6 is 22.7 Å². The standard InChI is InChI=1S/C16H25N5OS2/c1-3-21(4-2)16-19-15-13(24-16)11-12(23-15)14(22)18-7-10-20-8-5-17-6-9-20/h11,17H,3-10H2,1-2H3,(H,18,22). The Labute approximate surface area is 150 Å². The Morgan fingerprint density at radius 2 is 2.08 bits per heavy atom. The minimum Gasteiger partial charge on any atom is -0.350 e. The van der Waals surface area contributed by atoms with Crippen LogP contribution in [0.5, 0.6) is 0 Å². The third kappa shape index (κ3) is 4.05. The van der Waals surface area contributed by atoms with E-state index in [1.54, 1.807) is 11.3 Å². The van der Waals surface area contributed by atoms with Gasteiger partial charge in [0.05, 0.1) is 9.58 Å². The molecule has 2 aromatic rings. The van der Waals surface area contributed by atoms with Gasteiger partial charge < -0.3 is 15.5 Å². The lowest BCUT2D eigenvalue weighted by Gasteiger charge is -2.26. The van der Waals surface area contributed by atoms with Crippen molar-refractivity contribution >= 4 is 43.2 Å². The van der Waals surface area contributed by atoms with E-state index < -0.39 is 0 Å². The van der Waals surface area contributed by atoms with Gasteiger partial charge in [0.2, 0.25) is 0 Å². The molecular formula is C16H25N5OS2. The maximum atomic E-state index is 12.3. The van der Waals surface area contributed by atoms with E-state index in [4.69, 9.17) is 0 Å². The number of aromatic nitrogens is 1. The number of rotatable bonds is 7. The summed E-state index contributed by atoms with van der Waals surface area (Å²) in [4.78, 5) is 23.3. The van der Waals surface area contributed by atoms with Crippen molar-refractivity contribution in [3.8, 4) is 0 Å². The maximum Gasteiger partial charge on any atom is 0.261 e. The molecule has 0 saturated carbocycles. The summed E-state index contributed by atoms with van der Waals surface area (Å²) in [7, 11) is 0. The quantitative estimate of drug-likeness (QED) is 0.782. The number of carbonyl (C=O) groups excluding carboxylic acids is 1. The first-order valence-corrected chi connectivity index (χ1v) is 10.2. The second-order valence-corrected chi connectivity index (χ2v) is 7.84. The minimum absolute atomic E-state index is 0.0183. The van der Waals surface area contributed by atoms with E-state index in [1.165, 1.54) is 11.3 Å². The van der Waals surface area contributed by atoms with Gasteiger partial charge in [0, 0.05) is 52.4 Å². The highest BCUT2D eigenvalue weighted by atomic mass is 32.1. The Morgan fingerprint density at radius 1 is 1.33 bits per heavy atom. The molecule has 6 nitrogen and oxygen atoms in total. The molecule has 1 amide bonds. The molecule has 0 unspecified atom stereocenters. The molecule has 0 aliphatic carbocycles. The molecule has 1 aliphatic rings. The lowest BCUT2D eigenvalue weighted by Crippen LogP contribution is -2.46. The van der Waals surface area contributed by atoms with Crippen molar-refractivity contribution in [2.75, 3.05) is 57.3 Å². The van der Waals surface area contributed by atoms with E-state index in [-0.39, 0.29) is 5.91 Å². The lowest BCUT2D eigenvalue weighted by molar-refractivity contribution is 0.0951. The Bertz CT molecular complexity index is 642. The molecule has 132 valence electrons. The molecule has 2 aromatic heterocycles. The van der Waals surface area contributed by atoms with Crippen LogP contribution in [0.25, 0.3) is 9.53 Å². The third-order valence-electron chi connectivity index (χ3n) is 4.26. The number of hydrogen-bond acceptors (Lipinski definition) is 7. The molecule has 1 saturated heterocycles.